The van der Waals surface area contributed by atoms with Gasteiger partial charge in [0.2, 0.25) is 5.91 Å². The topological polar surface area (TPSA) is 84.3 Å². The number of rotatable bonds is 4. The molecular weight excluding hydrogens is 229 g/mol. The van der Waals surface area contributed by atoms with Crippen molar-refractivity contribution < 1.29 is 14.1 Å². The van der Waals surface area contributed by atoms with Crippen molar-refractivity contribution in [3.63, 3.8) is 0 Å². The molecular formula is C10H12FN3O3. The van der Waals surface area contributed by atoms with Crippen LogP contribution in [0.5, 0.6) is 0 Å². The summed E-state index contributed by atoms with van der Waals surface area (Å²) in [6.07, 6.45) is 0. The number of non-ortho nitro benzene ring substituents is 1. The standard InChI is InChI=1S/C10H12FN3O3/c1-6(12-2)10(15)13-9-4-3-7(14(16)17)5-8(9)11/h3-6,12H,1-2H3,(H,13,15). The maximum atomic E-state index is 13.4. The molecule has 0 saturated carbocycles. The lowest BCUT2D eigenvalue weighted by atomic mass is 10.2. The van der Waals surface area contributed by atoms with Crippen LogP contribution in [0.3, 0.4) is 0 Å². The summed E-state index contributed by atoms with van der Waals surface area (Å²) >= 11 is 0. The molecule has 1 amide bonds. The maximum absolute atomic E-state index is 13.4. The van der Waals surface area contributed by atoms with Gasteiger partial charge in [-0.2, -0.15) is 0 Å². The summed E-state index contributed by atoms with van der Waals surface area (Å²) in [5.41, 5.74) is -0.440. The fourth-order valence-corrected chi connectivity index (χ4v) is 1.09. The van der Waals surface area contributed by atoms with Crippen molar-refractivity contribution in [1.29, 1.82) is 0 Å². The Hall–Kier alpha value is -2.02. The average Bonchev–Trinajstić information content (AvgIpc) is 2.30. The predicted molar refractivity (Wildman–Crippen MR) is 60.2 cm³/mol. The molecule has 1 aromatic carbocycles. The molecule has 1 rings (SSSR count). The first kappa shape index (κ1) is 13.0. The zero-order valence-electron chi connectivity index (χ0n) is 9.36. The van der Waals surface area contributed by atoms with E-state index in [-0.39, 0.29) is 11.4 Å². The number of nitrogens with zero attached hydrogens (tertiary/aromatic N) is 1. The third-order valence-electron chi connectivity index (χ3n) is 2.25. The lowest BCUT2D eigenvalue weighted by Crippen LogP contribution is -2.35. The van der Waals surface area contributed by atoms with E-state index < -0.39 is 22.7 Å². The van der Waals surface area contributed by atoms with E-state index in [0.29, 0.717) is 0 Å². The minimum Gasteiger partial charge on any atom is -0.322 e. The average molecular weight is 241 g/mol. The Kier molecular flexibility index (Phi) is 4.11. The van der Waals surface area contributed by atoms with Gasteiger partial charge in [0.05, 0.1) is 22.7 Å². The van der Waals surface area contributed by atoms with E-state index >= 15 is 0 Å². The molecule has 1 aromatic rings. The van der Waals surface area contributed by atoms with Crippen LogP contribution in [-0.2, 0) is 4.79 Å². The molecule has 92 valence electrons. The van der Waals surface area contributed by atoms with Crippen LogP contribution in [0.1, 0.15) is 6.92 Å². The molecule has 17 heavy (non-hydrogen) atoms. The number of hydrogen-bond donors (Lipinski definition) is 2. The number of halogens is 1. The van der Waals surface area contributed by atoms with Crippen LogP contribution in [0.25, 0.3) is 0 Å². The van der Waals surface area contributed by atoms with Gasteiger partial charge < -0.3 is 10.6 Å². The molecule has 0 radical (unpaired) electrons. The highest BCUT2D eigenvalue weighted by Gasteiger charge is 2.15. The summed E-state index contributed by atoms with van der Waals surface area (Å²) in [4.78, 5) is 21.1. The molecule has 0 saturated heterocycles. The predicted octanol–water partition coefficient (Wildman–Crippen LogP) is 1.28. The molecule has 0 aliphatic heterocycles. The molecule has 0 spiro atoms. The largest absolute Gasteiger partial charge is 0.322 e. The summed E-state index contributed by atoms with van der Waals surface area (Å²) in [5.74, 6) is -1.25. The van der Waals surface area contributed by atoms with Crippen molar-refractivity contribution in [2.45, 2.75) is 13.0 Å². The molecule has 0 aromatic heterocycles. The Balaban J connectivity index is 2.86. The molecule has 7 heteroatoms. The number of likely N-dealkylation sites (N-methyl/N-ethyl adjacent to an activating group) is 1. The van der Waals surface area contributed by atoms with Gasteiger partial charge in [-0.25, -0.2) is 4.39 Å². The lowest BCUT2D eigenvalue weighted by molar-refractivity contribution is -0.385. The van der Waals surface area contributed by atoms with Crippen LogP contribution in [0.2, 0.25) is 0 Å². The van der Waals surface area contributed by atoms with Crippen LogP contribution >= 0.6 is 0 Å². The molecule has 0 fully saturated rings. The molecule has 0 heterocycles. The monoisotopic (exact) mass is 241 g/mol. The number of nitrogens with one attached hydrogen (secondary N) is 2. The Bertz CT molecular complexity index is 450. The van der Waals surface area contributed by atoms with Crippen LogP contribution in [-0.4, -0.2) is 23.9 Å². The van der Waals surface area contributed by atoms with Crippen LogP contribution in [0.15, 0.2) is 18.2 Å². The summed E-state index contributed by atoms with van der Waals surface area (Å²) in [6.45, 7) is 1.61. The van der Waals surface area contributed by atoms with Gasteiger partial charge in [0.25, 0.3) is 5.69 Å². The van der Waals surface area contributed by atoms with Crippen LogP contribution in [0.4, 0.5) is 15.8 Å². The minimum atomic E-state index is -0.837. The first-order valence-corrected chi connectivity index (χ1v) is 4.87. The number of benzene rings is 1. The van der Waals surface area contributed by atoms with Crippen molar-refractivity contribution in [3.05, 3.63) is 34.1 Å². The third kappa shape index (κ3) is 3.22. The van der Waals surface area contributed by atoms with E-state index in [4.69, 9.17) is 0 Å². The highest BCUT2D eigenvalue weighted by molar-refractivity contribution is 5.94. The third-order valence-corrected chi connectivity index (χ3v) is 2.25. The molecule has 0 aliphatic rings. The number of nitro benzene ring substituents is 1. The molecule has 0 bridgehead atoms. The minimum absolute atomic E-state index is 0.0808. The normalized spacial score (nSPS) is 11.9. The Morgan fingerprint density at radius 1 is 1.53 bits per heavy atom. The summed E-state index contributed by atoms with van der Waals surface area (Å²) < 4.78 is 13.4. The lowest BCUT2D eigenvalue weighted by Gasteiger charge is -2.11. The molecule has 0 aliphatic carbocycles. The van der Waals surface area contributed by atoms with Gasteiger partial charge in [-0.15, -0.1) is 0 Å². The number of carbonyl (C=O) groups excluding carboxylic acids is 1. The van der Waals surface area contributed by atoms with Crippen molar-refractivity contribution >= 4 is 17.3 Å². The van der Waals surface area contributed by atoms with E-state index in [1.54, 1.807) is 14.0 Å². The zero-order chi connectivity index (χ0) is 13.0. The van der Waals surface area contributed by atoms with Crippen molar-refractivity contribution in [2.75, 3.05) is 12.4 Å². The second kappa shape index (κ2) is 5.35. The van der Waals surface area contributed by atoms with E-state index in [1.807, 2.05) is 0 Å². The highest BCUT2D eigenvalue weighted by Crippen LogP contribution is 2.20. The zero-order valence-corrected chi connectivity index (χ0v) is 9.36. The van der Waals surface area contributed by atoms with Gasteiger partial charge in [-0.05, 0) is 20.0 Å². The van der Waals surface area contributed by atoms with Gasteiger partial charge >= 0.3 is 0 Å². The Morgan fingerprint density at radius 2 is 2.18 bits per heavy atom. The molecule has 1 atom stereocenters. The van der Waals surface area contributed by atoms with Crippen LogP contribution < -0.4 is 10.6 Å². The van der Waals surface area contributed by atoms with E-state index in [2.05, 4.69) is 10.6 Å². The number of anilines is 1. The number of amides is 1. The first-order chi connectivity index (χ1) is 7.95. The first-order valence-electron chi connectivity index (χ1n) is 4.87. The summed E-state index contributed by atoms with van der Waals surface area (Å²) in [7, 11) is 1.59. The SMILES string of the molecule is CNC(C)C(=O)Nc1ccc([N+](=O)[O-])cc1F. The van der Waals surface area contributed by atoms with E-state index in [1.165, 1.54) is 0 Å². The highest BCUT2D eigenvalue weighted by atomic mass is 19.1. The van der Waals surface area contributed by atoms with E-state index in [9.17, 15) is 19.3 Å². The summed E-state index contributed by atoms with van der Waals surface area (Å²) in [6, 6.07) is 2.57. The van der Waals surface area contributed by atoms with E-state index in [0.717, 1.165) is 18.2 Å². The maximum Gasteiger partial charge on any atom is 0.272 e. The fraction of sp³-hybridized carbons (Fsp3) is 0.300. The van der Waals surface area contributed by atoms with Gasteiger partial charge in [0.1, 0.15) is 0 Å². The number of hydrogen-bond acceptors (Lipinski definition) is 4. The second-order valence-electron chi connectivity index (χ2n) is 3.42. The number of carbonyl (C=O) groups is 1. The van der Waals surface area contributed by atoms with Crippen molar-refractivity contribution in [1.82, 2.24) is 5.32 Å². The quantitative estimate of drug-likeness (QED) is 0.614. The molecule has 6 nitrogen and oxygen atoms in total. The van der Waals surface area contributed by atoms with Crippen molar-refractivity contribution in [3.8, 4) is 0 Å². The van der Waals surface area contributed by atoms with Gasteiger partial charge in [-0.1, -0.05) is 0 Å². The smallest absolute Gasteiger partial charge is 0.272 e. The van der Waals surface area contributed by atoms with Gasteiger partial charge in [-0.3, -0.25) is 14.9 Å². The van der Waals surface area contributed by atoms with Crippen molar-refractivity contribution in [2.24, 2.45) is 0 Å². The van der Waals surface area contributed by atoms with Gasteiger partial charge in [0, 0.05) is 6.07 Å². The number of nitro groups is 1. The fourth-order valence-electron chi connectivity index (χ4n) is 1.09. The van der Waals surface area contributed by atoms with Crippen LogP contribution in [0, 0.1) is 15.9 Å². The summed E-state index contributed by atoms with van der Waals surface area (Å²) in [5, 5.41) is 15.4. The second-order valence-corrected chi connectivity index (χ2v) is 3.42. The molecule has 1 unspecified atom stereocenters. The van der Waals surface area contributed by atoms with Gasteiger partial charge in [0.15, 0.2) is 5.82 Å². The Morgan fingerprint density at radius 3 is 2.65 bits per heavy atom. The Labute approximate surface area is 97.0 Å². The molecule has 2 N–H and O–H groups in total.